The van der Waals surface area contributed by atoms with Crippen molar-refractivity contribution in [3.63, 3.8) is 0 Å². The zero-order valence-electron chi connectivity index (χ0n) is 12.4. The van der Waals surface area contributed by atoms with E-state index in [9.17, 15) is 4.79 Å². The molecular formula is C13H30N4O. The Hall–Kier alpha value is -0.650. The Labute approximate surface area is 111 Å². The molecule has 0 heterocycles. The van der Waals surface area contributed by atoms with Crippen molar-refractivity contribution in [3.05, 3.63) is 0 Å². The number of primary amides is 1. The molecule has 108 valence electrons. The van der Waals surface area contributed by atoms with E-state index in [2.05, 4.69) is 30.6 Å². The van der Waals surface area contributed by atoms with E-state index in [4.69, 9.17) is 11.5 Å². The van der Waals surface area contributed by atoms with Crippen LogP contribution in [0.1, 0.15) is 34.1 Å². The number of carbonyl (C=O) groups is 1. The van der Waals surface area contributed by atoms with Crippen molar-refractivity contribution in [1.29, 1.82) is 0 Å². The molecule has 0 spiro atoms. The summed E-state index contributed by atoms with van der Waals surface area (Å²) in [6.07, 6.45) is 1.09. The van der Waals surface area contributed by atoms with Crippen LogP contribution in [-0.4, -0.2) is 60.5 Å². The summed E-state index contributed by atoms with van der Waals surface area (Å²) in [5.41, 5.74) is 10.2. The first-order valence-corrected chi connectivity index (χ1v) is 6.90. The maximum Gasteiger partial charge on any atom is 0.238 e. The summed E-state index contributed by atoms with van der Waals surface area (Å²) >= 11 is 0. The van der Waals surface area contributed by atoms with E-state index in [1.54, 1.807) is 6.92 Å². The first-order valence-electron chi connectivity index (χ1n) is 6.90. The minimum atomic E-state index is -0.939. The van der Waals surface area contributed by atoms with Gasteiger partial charge in [0.15, 0.2) is 0 Å². The highest BCUT2D eigenvalue weighted by Gasteiger charge is 2.27. The highest BCUT2D eigenvalue weighted by atomic mass is 16.1. The molecule has 0 aliphatic carbocycles. The molecule has 18 heavy (non-hydrogen) atoms. The average Bonchev–Trinajstić information content (AvgIpc) is 2.32. The van der Waals surface area contributed by atoms with Crippen LogP contribution < -0.4 is 11.5 Å². The molecule has 4 N–H and O–H groups in total. The smallest absolute Gasteiger partial charge is 0.238 e. The summed E-state index contributed by atoms with van der Waals surface area (Å²) in [6, 6.07) is 0. The third-order valence-corrected chi connectivity index (χ3v) is 3.41. The van der Waals surface area contributed by atoms with Gasteiger partial charge >= 0.3 is 0 Å². The van der Waals surface area contributed by atoms with Crippen LogP contribution in [0.4, 0.5) is 0 Å². The molecule has 1 unspecified atom stereocenters. The highest BCUT2D eigenvalue weighted by Crippen LogP contribution is 2.04. The standard InChI is InChI=1S/C13H30N4O/c1-5-16(6-2)9-8-10-17(7-3)11-13(4,15)12(14)18/h5-11,15H2,1-4H3,(H2,14,18). The predicted molar refractivity (Wildman–Crippen MR) is 76.3 cm³/mol. The van der Waals surface area contributed by atoms with E-state index in [0.717, 1.165) is 39.1 Å². The molecule has 5 nitrogen and oxygen atoms in total. The maximum atomic E-state index is 11.2. The Kier molecular flexibility index (Phi) is 8.15. The SMILES string of the molecule is CCN(CC)CCCN(CC)CC(C)(N)C(N)=O. The lowest BCUT2D eigenvalue weighted by Gasteiger charge is -2.30. The van der Waals surface area contributed by atoms with Gasteiger partial charge in [-0.1, -0.05) is 20.8 Å². The predicted octanol–water partition coefficient (Wildman–Crippen LogP) is 0.243. The summed E-state index contributed by atoms with van der Waals surface area (Å²) in [7, 11) is 0. The van der Waals surface area contributed by atoms with Crippen LogP contribution >= 0.6 is 0 Å². The van der Waals surface area contributed by atoms with Gasteiger partial charge in [0.25, 0.3) is 0 Å². The van der Waals surface area contributed by atoms with Gasteiger partial charge in [-0.25, -0.2) is 0 Å². The van der Waals surface area contributed by atoms with Crippen molar-refractivity contribution in [2.75, 3.05) is 39.3 Å². The third-order valence-electron chi connectivity index (χ3n) is 3.41. The highest BCUT2D eigenvalue weighted by molar-refractivity contribution is 5.84. The number of hydrogen-bond acceptors (Lipinski definition) is 4. The van der Waals surface area contributed by atoms with Crippen LogP contribution in [0.5, 0.6) is 0 Å². The molecule has 0 bridgehead atoms. The monoisotopic (exact) mass is 258 g/mol. The van der Waals surface area contributed by atoms with Gasteiger partial charge in [-0.05, 0) is 46.1 Å². The number of likely N-dealkylation sites (N-methyl/N-ethyl adjacent to an activating group) is 1. The van der Waals surface area contributed by atoms with Crippen molar-refractivity contribution < 1.29 is 4.79 Å². The molecule has 5 heteroatoms. The van der Waals surface area contributed by atoms with Gasteiger partial charge in [0, 0.05) is 6.54 Å². The number of nitrogens with two attached hydrogens (primary N) is 2. The lowest BCUT2D eigenvalue weighted by Crippen LogP contribution is -2.57. The molecule has 0 saturated heterocycles. The minimum Gasteiger partial charge on any atom is -0.368 e. The van der Waals surface area contributed by atoms with E-state index in [1.807, 2.05) is 0 Å². The fourth-order valence-electron chi connectivity index (χ4n) is 1.95. The summed E-state index contributed by atoms with van der Waals surface area (Å²) in [5, 5.41) is 0. The van der Waals surface area contributed by atoms with Crippen LogP contribution in [0.15, 0.2) is 0 Å². The van der Waals surface area contributed by atoms with Gasteiger partial charge in [0.05, 0.1) is 0 Å². The fraction of sp³-hybridized carbons (Fsp3) is 0.923. The van der Waals surface area contributed by atoms with Crippen LogP contribution in [0, 0.1) is 0 Å². The van der Waals surface area contributed by atoms with Crippen LogP contribution in [0.3, 0.4) is 0 Å². The van der Waals surface area contributed by atoms with Crippen LogP contribution in [0.2, 0.25) is 0 Å². The molecule has 0 aliphatic heterocycles. The quantitative estimate of drug-likeness (QED) is 0.589. The van der Waals surface area contributed by atoms with E-state index in [-0.39, 0.29) is 0 Å². The molecule has 0 rings (SSSR count). The Morgan fingerprint density at radius 2 is 1.50 bits per heavy atom. The second-order valence-corrected chi connectivity index (χ2v) is 5.03. The summed E-state index contributed by atoms with van der Waals surface area (Å²) in [4.78, 5) is 15.8. The fourth-order valence-corrected chi connectivity index (χ4v) is 1.95. The van der Waals surface area contributed by atoms with E-state index in [0.29, 0.717) is 6.54 Å². The number of rotatable bonds is 10. The third kappa shape index (κ3) is 6.33. The van der Waals surface area contributed by atoms with Gasteiger partial charge in [-0.3, -0.25) is 4.79 Å². The number of carbonyl (C=O) groups excluding carboxylic acids is 1. The molecule has 1 atom stereocenters. The second kappa shape index (κ2) is 8.45. The van der Waals surface area contributed by atoms with Gasteiger partial charge < -0.3 is 21.3 Å². The molecule has 0 radical (unpaired) electrons. The van der Waals surface area contributed by atoms with Crippen LogP contribution in [0.25, 0.3) is 0 Å². The molecule has 0 aliphatic rings. The molecule has 0 fully saturated rings. The molecule has 0 aromatic heterocycles. The van der Waals surface area contributed by atoms with E-state index in [1.165, 1.54) is 0 Å². The summed E-state index contributed by atoms with van der Waals surface area (Å²) < 4.78 is 0. The lowest BCUT2D eigenvalue weighted by molar-refractivity contribution is -0.123. The normalized spacial score (nSPS) is 15.1. The van der Waals surface area contributed by atoms with Gasteiger partial charge in [-0.15, -0.1) is 0 Å². The Bertz CT molecular complexity index is 239. The molecule has 0 saturated carbocycles. The van der Waals surface area contributed by atoms with E-state index < -0.39 is 11.4 Å². The van der Waals surface area contributed by atoms with Crippen molar-refractivity contribution in [2.45, 2.75) is 39.7 Å². The second-order valence-electron chi connectivity index (χ2n) is 5.03. The zero-order valence-corrected chi connectivity index (χ0v) is 12.4. The topological polar surface area (TPSA) is 75.6 Å². The van der Waals surface area contributed by atoms with Gasteiger partial charge in [0.1, 0.15) is 5.54 Å². The maximum absolute atomic E-state index is 11.2. The minimum absolute atomic E-state index is 0.440. The number of nitrogens with zero attached hydrogens (tertiary/aromatic N) is 2. The lowest BCUT2D eigenvalue weighted by atomic mass is 10.0. The molecule has 1 amide bonds. The largest absolute Gasteiger partial charge is 0.368 e. The first-order chi connectivity index (χ1) is 8.37. The number of amides is 1. The number of hydrogen-bond donors (Lipinski definition) is 2. The molecule has 0 aromatic carbocycles. The zero-order chi connectivity index (χ0) is 14.2. The summed E-state index contributed by atoms with van der Waals surface area (Å²) in [5.74, 6) is -0.440. The van der Waals surface area contributed by atoms with Crippen molar-refractivity contribution in [1.82, 2.24) is 9.80 Å². The van der Waals surface area contributed by atoms with Gasteiger partial charge in [-0.2, -0.15) is 0 Å². The average molecular weight is 258 g/mol. The molecule has 0 aromatic rings. The molecular weight excluding hydrogens is 228 g/mol. The van der Waals surface area contributed by atoms with Crippen LogP contribution in [-0.2, 0) is 4.79 Å². The Morgan fingerprint density at radius 1 is 1.06 bits per heavy atom. The van der Waals surface area contributed by atoms with Crippen molar-refractivity contribution in [2.24, 2.45) is 11.5 Å². The van der Waals surface area contributed by atoms with Crippen molar-refractivity contribution in [3.8, 4) is 0 Å². The summed E-state index contributed by atoms with van der Waals surface area (Å²) in [6.45, 7) is 13.7. The Balaban J connectivity index is 4.09. The van der Waals surface area contributed by atoms with E-state index >= 15 is 0 Å². The van der Waals surface area contributed by atoms with Crippen molar-refractivity contribution >= 4 is 5.91 Å². The van der Waals surface area contributed by atoms with Gasteiger partial charge in [0.2, 0.25) is 5.91 Å². The first kappa shape index (κ1) is 17.4. The Morgan fingerprint density at radius 3 is 1.89 bits per heavy atom.